The SMILES string of the molecule is CC(C)(C)C(=O)Nc1cccc(C(=O)N2C(=O)c3ccccc3C2I)n1. The largest absolute Gasteiger partial charge is 0.310 e. The van der Waals surface area contributed by atoms with Gasteiger partial charge in [0, 0.05) is 11.0 Å². The molecule has 0 spiro atoms. The average Bonchev–Trinajstić information content (AvgIpc) is 2.85. The molecule has 6 nitrogen and oxygen atoms in total. The van der Waals surface area contributed by atoms with E-state index in [1.54, 1.807) is 45.0 Å². The van der Waals surface area contributed by atoms with Gasteiger partial charge in [0.25, 0.3) is 11.8 Å². The molecule has 1 N–H and O–H groups in total. The van der Waals surface area contributed by atoms with Crippen LogP contribution in [0.25, 0.3) is 0 Å². The second kappa shape index (κ2) is 6.79. The molecular formula is C19H18IN3O3. The molecule has 1 aromatic carbocycles. The summed E-state index contributed by atoms with van der Waals surface area (Å²) in [6.07, 6.45) is 0. The Hall–Kier alpha value is -2.29. The summed E-state index contributed by atoms with van der Waals surface area (Å²) in [5.41, 5.74) is 0.863. The average molecular weight is 463 g/mol. The van der Waals surface area contributed by atoms with Crippen molar-refractivity contribution in [3.05, 3.63) is 59.3 Å². The monoisotopic (exact) mass is 463 g/mol. The highest BCUT2D eigenvalue weighted by atomic mass is 127. The van der Waals surface area contributed by atoms with Crippen LogP contribution in [0, 0.1) is 5.41 Å². The van der Waals surface area contributed by atoms with Gasteiger partial charge in [0.1, 0.15) is 15.6 Å². The number of halogens is 1. The molecule has 1 atom stereocenters. The zero-order valence-electron chi connectivity index (χ0n) is 14.6. The Balaban J connectivity index is 1.87. The number of carbonyl (C=O) groups excluding carboxylic acids is 3. The van der Waals surface area contributed by atoms with Crippen molar-refractivity contribution in [1.29, 1.82) is 0 Å². The Bertz CT molecular complexity index is 905. The van der Waals surface area contributed by atoms with E-state index in [4.69, 9.17) is 0 Å². The second-order valence-electron chi connectivity index (χ2n) is 7.02. The van der Waals surface area contributed by atoms with E-state index in [1.807, 2.05) is 12.1 Å². The molecule has 0 saturated heterocycles. The second-order valence-corrected chi connectivity index (χ2v) is 8.20. The fraction of sp³-hybridized carbons (Fsp3) is 0.263. The molecule has 134 valence electrons. The van der Waals surface area contributed by atoms with Gasteiger partial charge in [0.2, 0.25) is 5.91 Å². The summed E-state index contributed by atoms with van der Waals surface area (Å²) < 4.78 is -0.390. The van der Waals surface area contributed by atoms with Gasteiger partial charge < -0.3 is 5.32 Å². The summed E-state index contributed by atoms with van der Waals surface area (Å²) in [6, 6.07) is 11.9. The van der Waals surface area contributed by atoms with Crippen molar-refractivity contribution in [2.45, 2.75) is 24.8 Å². The van der Waals surface area contributed by atoms with Crippen LogP contribution < -0.4 is 5.32 Å². The number of nitrogens with zero attached hydrogens (tertiary/aromatic N) is 2. The number of pyridine rings is 1. The van der Waals surface area contributed by atoms with E-state index in [-0.39, 0.29) is 23.3 Å². The maximum absolute atomic E-state index is 12.9. The minimum atomic E-state index is -0.582. The normalized spacial score (nSPS) is 16.4. The Morgan fingerprint density at radius 1 is 1.12 bits per heavy atom. The number of fused-ring (bicyclic) bond motifs is 1. The molecule has 2 aromatic rings. The number of rotatable bonds is 2. The highest BCUT2D eigenvalue weighted by Gasteiger charge is 2.39. The number of benzene rings is 1. The smallest absolute Gasteiger partial charge is 0.280 e. The van der Waals surface area contributed by atoms with E-state index < -0.39 is 15.4 Å². The number of imide groups is 1. The van der Waals surface area contributed by atoms with Crippen LogP contribution in [0.3, 0.4) is 0 Å². The minimum Gasteiger partial charge on any atom is -0.310 e. The summed E-state index contributed by atoms with van der Waals surface area (Å²) in [5, 5.41) is 2.70. The number of nitrogens with one attached hydrogen (secondary N) is 1. The third-order valence-electron chi connectivity index (χ3n) is 4.00. The molecule has 1 unspecified atom stereocenters. The predicted molar refractivity (Wildman–Crippen MR) is 106 cm³/mol. The van der Waals surface area contributed by atoms with Gasteiger partial charge in [-0.05, 0) is 23.8 Å². The molecule has 0 radical (unpaired) electrons. The molecule has 0 bridgehead atoms. The van der Waals surface area contributed by atoms with Crippen molar-refractivity contribution in [3.63, 3.8) is 0 Å². The Morgan fingerprint density at radius 2 is 1.81 bits per heavy atom. The van der Waals surface area contributed by atoms with Crippen molar-refractivity contribution < 1.29 is 14.4 Å². The molecule has 0 aliphatic carbocycles. The molecule has 26 heavy (non-hydrogen) atoms. The molecular weight excluding hydrogens is 445 g/mol. The molecule has 3 amide bonds. The lowest BCUT2D eigenvalue weighted by Gasteiger charge is -2.19. The van der Waals surface area contributed by atoms with Crippen molar-refractivity contribution in [2.75, 3.05) is 5.32 Å². The number of hydrogen-bond acceptors (Lipinski definition) is 4. The molecule has 7 heteroatoms. The number of anilines is 1. The van der Waals surface area contributed by atoms with Crippen LogP contribution in [0.15, 0.2) is 42.5 Å². The van der Waals surface area contributed by atoms with Crippen LogP contribution in [0.5, 0.6) is 0 Å². The van der Waals surface area contributed by atoms with Gasteiger partial charge in [0.05, 0.1) is 0 Å². The van der Waals surface area contributed by atoms with Crippen LogP contribution in [-0.4, -0.2) is 27.6 Å². The predicted octanol–water partition coefficient (Wildman–Crippen LogP) is 3.80. The maximum atomic E-state index is 12.9. The summed E-state index contributed by atoms with van der Waals surface area (Å²) in [4.78, 5) is 43.1. The maximum Gasteiger partial charge on any atom is 0.280 e. The van der Waals surface area contributed by atoms with E-state index in [9.17, 15) is 14.4 Å². The van der Waals surface area contributed by atoms with E-state index in [2.05, 4.69) is 32.9 Å². The number of alkyl halides is 1. The van der Waals surface area contributed by atoms with Gasteiger partial charge in [-0.15, -0.1) is 0 Å². The quantitative estimate of drug-likeness (QED) is 0.318. The van der Waals surface area contributed by atoms with Gasteiger partial charge >= 0.3 is 0 Å². The van der Waals surface area contributed by atoms with Gasteiger partial charge in [-0.3, -0.25) is 19.3 Å². The summed E-state index contributed by atoms with van der Waals surface area (Å²) in [6.45, 7) is 5.37. The number of hydrogen-bond donors (Lipinski definition) is 1. The topological polar surface area (TPSA) is 79.4 Å². The molecule has 2 heterocycles. The molecule has 3 rings (SSSR count). The third-order valence-corrected chi connectivity index (χ3v) is 5.23. The van der Waals surface area contributed by atoms with Crippen LogP contribution in [0.1, 0.15) is 51.2 Å². The van der Waals surface area contributed by atoms with Crippen LogP contribution >= 0.6 is 22.6 Å². The molecule has 0 saturated carbocycles. The van der Waals surface area contributed by atoms with Gasteiger partial charge in [-0.2, -0.15) is 0 Å². The summed E-state index contributed by atoms with van der Waals surface area (Å²) in [5.74, 6) is -0.746. The molecule has 1 aromatic heterocycles. The lowest BCUT2D eigenvalue weighted by molar-refractivity contribution is -0.123. The summed E-state index contributed by atoms with van der Waals surface area (Å²) in [7, 11) is 0. The highest BCUT2D eigenvalue weighted by Crippen LogP contribution is 2.39. The van der Waals surface area contributed by atoms with Crippen molar-refractivity contribution in [2.24, 2.45) is 5.41 Å². The standard InChI is InChI=1S/C19H18IN3O3/c1-19(2,3)18(26)22-14-10-6-9-13(21-14)17(25)23-15(20)11-7-4-5-8-12(11)16(23)24/h4-10,15H,1-3H3,(H,21,22,26). The Labute approximate surface area is 165 Å². The van der Waals surface area contributed by atoms with E-state index in [0.717, 1.165) is 5.56 Å². The van der Waals surface area contributed by atoms with Gasteiger partial charge in [0.15, 0.2) is 0 Å². The first kappa shape index (κ1) is 18.5. The van der Waals surface area contributed by atoms with Crippen LogP contribution in [0.4, 0.5) is 5.82 Å². The first-order chi connectivity index (χ1) is 12.2. The molecule has 1 aliphatic rings. The Morgan fingerprint density at radius 3 is 2.46 bits per heavy atom. The van der Waals surface area contributed by atoms with E-state index in [1.165, 1.54) is 11.0 Å². The molecule has 0 fully saturated rings. The minimum absolute atomic E-state index is 0.111. The fourth-order valence-corrected chi connectivity index (χ4v) is 3.57. The van der Waals surface area contributed by atoms with Gasteiger partial charge in [-0.25, -0.2) is 4.98 Å². The van der Waals surface area contributed by atoms with Gasteiger partial charge in [-0.1, -0.05) is 67.6 Å². The zero-order chi connectivity index (χ0) is 19.1. The van der Waals surface area contributed by atoms with Crippen molar-refractivity contribution in [1.82, 2.24) is 9.88 Å². The fourth-order valence-electron chi connectivity index (χ4n) is 2.52. The van der Waals surface area contributed by atoms with E-state index in [0.29, 0.717) is 5.56 Å². The number of amides is 3. The lowest BCUT2D eigenvalue weighted by Crippen LogP contribution is -2.33. The first-order valence-corrected chi connectivity index (χ1v) is 9.34. The summed E-state index contributed by atoms with van der Waals surface area (Å²) >= 11 is 2.07. The Kier molecular flexibility index (Phi) is 4.83. The zero-order valence-corrected chi connectivity index (χ0v) is 16.8. The third kappa shape index (κ3) is 3.35. The number of aromatic nitrogens is 1. The van der Waals surface area contributed by atoms with E-state index >= 15 is 0 Å². The first-order valence-electron chi connectivity index (χ1n) is 8.09. The van der Waals surface area contributed by atoms with Crippen molar-refractivity contribution >= 4 is 46.1 Å². The lowest BCUT2D eigenvalue weighted by atomic mass is 9.96. The van der Waals surface area contributed by atoms with Crippen LogP contribution in [-0.2, 0) is 4.79 Å². The van der Waals surface area contributed by atoms with Crippen molar-refractivity contribution in [3.8, 4) is 0 Å². The van der Waals surface area contributed by atoms with Crippen LogP contribution in [0.2, 0.25) is 0 Å². The number of carbonyl (C=O) groups is 3. The highest BCUT2D eigenvalue weighted by molar-refractivity contribution is 14.1. The molecule has 1 aliphatic heterocycles.